The Morgan fingerprint density at radius 3 is 2.52 bits per heavy atom. The fourth-order valence-electron chi connectivity index (χ4n) is 3.36. The summed E-state index contributed by atoms with van der Waals surface area (Å²) in [4.78, 5) is 4.50. The van der Waals surface area contributed by atoms with Crippen molar-refractivity contribution in [1.29, 1.82) is 0 Å². The van der Waals surface area contributed by atoms with Crippen LogP contribution in [0.5, 0.6) is 5.75 Å². The van der Waals surface area contributed by atoms with Gasteiger partial charge in [-0.1, -0.05) is 25.8 Å². The second-order valence-corrected chi connectivity index (χ2v) is 6.51. The molecule has 0 amide bonds. The first-order chi connectivity index (χ1) is 11.2. The summed E-state index contributed by atoms with van der Waals surface area (Å²) < 4.78 is 19.6. The van der Waals surface area contributed by atoms with Crippen molar-refractivity contribution in [2.24, 2.45) is 5.92 Å². The summed E-state index contributed by atoms with van der Waals surface area (Å²) in [6, 6.07) is 9.01. The Morgan fingerprint density at radius 1 is 1.13 bits per heavy atom. The predicted octanol–water partition coefficient (Wildman–Crippen LogP) is 5.58. The zero-order chi connectivity index (χ0) is 16.2. The van der Waals surface area contributed by atoms with Gasteiger partial charge < -0.3 is 4.74 Å². The van der Waals surface area contributed by atoms with E-state index in [0.29, 0.717) is 29.5 Å². The molecule has 1 fully saturated rings. The van der Waals surface area contributed by atoms with Crippen LogP contribution in [-0.2, 0) is 0 Å². The number of nitrogens with zero attached hydrogens (tertiary/aromatic N) is 1. The second-order valence-electron chi connectivity index (χ2n) is 6.51. The van der Waals surface area contributed by atoms with E-state index in [1.807, 2.05) is 19.2 Å². The lowest BCUT2D eigenvalue weighted by Gasteiger charge is -2.26. The molecule has 1 aliphatic carbocycles. The van der Waals surface area contributed by atoms with Gasteiger partial charge in [0.2, 0.25) is 0 Å². The van der Waals surface area contributed by atoms with Crippen LogP contribution in [0.3, 0.4) is 0 Å². The first-order valence-electron chi connectivity index (χ1n) is 8.56. The average molecular weight is 313 g/mol. The number of aromatic nitrogens is 1. The van der Waals surface area contributed by atoms with Crippen LogP contribution in [0.1, 0.15) is 51.0 Å². The molecule has 1 saturated carbocycles. The zero-order valence-corrected chi connectivity index (χ0v) is 13.9. The van der Waals surface area contributed by atoms with Gasteiger partial charge in [0.05, 0.1) is 12.3 Å². The fraction of sp³-hybridized carbons (Fsp3) is 0.450. The van der Waals surface area contributed by atoms with E-state index in [1.165, 1.54) is 37.3 Å². The van der Waals surface area contributed by atoms with Gasteiger partial charge in [-0.15, -0.1) is 0 Å². The highest BCUT2D eigenvalue weighted by Gasteiger charge is 2.20. The summed E-state index contributed by atoms with van der Waals surface area (Å²) in [6.45, 7) is 4.75. The van der Waals surface area contributed by atoms with Crippen molar-refractivity contribution in [3.8, 4) is 17.0 Å². The Bertz CT molecular complexity index is 645. The topological polar surface area (TPSA) is 22.1 Å². The molecule has 0 unspecified atom stereocenters. The SMILES string of the molecule is CCOc1ccc(-c2ccc(C3CCC(C)CC3)cn2)c(F)c1. The van der Waals surface area contributed by atoms with E-state index in [4.69, 9.17) is 4.74 Å². The van der Waals surface area contributed by atoms with Crippen molar-refractivity contribution >= 4 is 0 Å². The molecule has 0 aliphatic heterocycles. The number of hydrogen-bond donors (Lipinski definition) is 0. The van der Waals surface area contributed by atoms with Gasteiger partial charge in [0.15, 0.2) is 0 Å². The van der Waals surface area contributed by atoms with E-state index in [0.717, 1.165) is 5.92 Å². The molecular formula is C20H24FNO. The third kappa shape index (κ3) is 3.72. The van der Waals surface area contributed by atoms with Crippen LogP contribution < -0.4 is 4.74 Å². The molecule has 23 heavy (non-hydrogen) atoms. The van der Waals surface area contributed by atoms with E-state index in [1.54, 1.807) is 12.1 Å². The van der Waals surface area contributed by atoms with Crippen LogP contribution >= 0.6 is 0 Å². The van der Waals surface area contributed by atoms with Crippen LogP contribution in [0, 0.1) is 11.7 Å². The van der Waals surface area contributed by atoms with Crippen LogP contribution in [0.15, 0.2) is 36.5 Å². The summed E-state index contributed by atoms with van der Waals surface area (Å²) in [7, 11) is 0. The molecule has 2 nitrogen and oxygen atoms in total. The second kappa shape index (κ2) is 7.12. The third-order valence-electron chi connectivity index (χ3n) is 4.80. The third-order valence-corrected chi connectivity index (χ3v) is 4.80. The molecule has 0 atom stereocenters. The minimum Gasteiger partial charge on any atom is -0.494 e. The molecule has 0 N–H and O–H groups in total. The molecule has 1 aliphatic rings. The van der Waals surface area contributed by atoms with Gasteiger partial charge in [-0.3, -0.25) is 4.98 Å². The monoisotopic (exact) mass is 313 g/mol. The molecule has 0 spiro atoms. The molecule has 2 aromatic rings. The van der Waals surface area contributed by atoms with Gasteiger partial charge in [-0.2, -0.15) is 0 Å². The summed E-state index contributed by atoms with van der Waals surface area (Å²) in [5, 5.41) is 0. The van der Waals surface area contributed by atoms with Gasteiger partial charge in [0.25, 0.3) is 0 Å². The van der Waals surface area contributed by atoms with Gasteiger partial charge >= 0.3 is 0 Å². The Balaban J connectivity index is 1.77. The quantitative estimate of drug-likeness (QED) is 0.735. The molecule has 0 radical (unpaired) electrons. The van der Waals surface area contributed by atoms with E-state index in [-0.39, 0.29) is 5.82 Å². The first kappa shape index (κ1) is 16.0. The number of pyridine rings is 1. The summed E-state index contributed by atoms with van der Waals surface area (Å²) in [5.74, 6) is 1.72. The number of ether oxygens (including phenoxy) is 1. The molecule has 3 rings (SSSR count). The normalized spacial score (nSPS) is 21.2. The molecule has 1 aromatic carbocycles. The molecule has 122 valence electrons. The minimum absolute atomic E-state index is 0.289. The average Bonchev–Trinajstić information content (AvgIpc) is 2.56. The van der Waals surface area contributed by atoms with Crippen LogP contribution in [0.25, 0.3) is 11.3 Å². The summed E-state index contributed by atoms with van der Waals surface area (Å²) in [6.07, 6.45) is 6.98. The zero-order valence-electron chi connectivity index (χ0n) is 13.9. The maximum atomic E-state index is 14.2. The van der Waals surface area contributed by atoms with Gasteiger partial charge in [0.1, 0.15) is 11.6 Å². The van der Waals surface area contributed by atoms with E-state index >= 15 is 0 Å². The lowest BCUT2D eigenvalue weighted by molar-refractivity contribution is 0.338. The largest absolute Gasteiger partial charge is 0.494 e. The predicted molar refractivity (Wildman–Crippen MR) is 91.2 cm³/mol. The highest BCUT2D eigenvalue weighted by atomic mass is 19.1. The number of halogens is 1. The number of rotatable bonds is 4. The summed E-state index contributed by atoms with van der Waals surface area (Å²) >= 11 is 0. The van der Waals surface area contributed by atoms with Crippen molar-refractivity contribution in [1.82, 2.24) is 4.98 Å². The maximum Gasteiger partial charge on any atom is 0.136 e. The van der Waals surface area contributed by atoms with E-state index < -0.39 is 0 Å². The Morgan fingerprint density at radius 2 is 1.91 bits per heavy atom. The van der Waals surface area contributed by atoms with Gasteiger partial charge in [0, 0.05) is 17.8 Å². The van der Waals surface area contributed by atoms with Crippen LogP contribution in [0.2, 0.25) is 0 Å². The van der Waals surface area contributed by atoms with Crippen molar-refractivity contribution < 1.29 is 9.13 Å². The first-order valence-corrected chi connectivity index (χ1v) is 8.56. The molecule has 3 heteroatoms. The standard InChI is InChI=1S/C20H24FNO/c1-3-23-17-9-10-18(19(21)12-17)20-11-8-16(13-22-20)15-6-4-14(2)5-7-15/h8-15H,3-7H2,1-2H3. The molecular weight excluding hydrogens is 289 g/mol. The molecule has 0 bridgehead atoms. The number of benzene rings is 1. The number of hydrogen-bond acceptors (Lipinski definition) is 2. The van der Waals surface area contributed by atoms with E-state index in [2.05, 4.69) is 18.0 Å². The minimum atomic E-state index is -0.289. The maximum absolute atomic E-state index is 14.2. The van der Waals surface area contributed by atoms with Crippen molar-refractivity contribution in [3.05, 3.63) is 47.9 Å². The van der Waals surface area contributed by atoms with Crippen LogP contribution in [-0.4, -0.2) is 11.6 Å². The Labute approximate surface area is 137 Å². The van der Waals surface area contributed by atoms with E-state index in [9.17, 15) is 4.39 Å². The lowest BCUT2D eigenvalue weighted by Crippen LogP contribution is -2.11. The highest BCUT2D eigenvalue weighted by molar-refractivity contribution is 5.61. The van der Waals surface area contributed by atoms with Gasteiger partial charge in [-0.05, 0) is 55.4 Å². The molecule has 1 aromatic heterocycles. The lowest BCUT2D eigenvalue weighted by atomic mass is 9.80. The smallest absolute Gasteiger partial charge is 0.136 e. The van der Waals surface area contributed by atoms with Crippen molar-refractivity contribution in [3.63, 3.8) is 0 Å². The Hall–Kier alpha value is -1.90. The molecule has 0 saturated heterocycles. The highest BCUT2D eigenvalue weighted by Crippen LogP contribution is 2.35. The van der Waals surface area contributed by atoms with Crippen molar-refractivity contribution in [2.45, 2.75) is 45.4 Å². The van der Waals surface area contributed by atoms with Crippen molar-refractivity contribution in [2.75, 3.05) is 6.61 Å². The Kier molecular flexibility index (Phi) is 4.94. The summed E-state index contributed by atoms with van der Waals surface area (Å²) in [5.41, 5.74) is 2.49. The van der Waals surface area contributed by atoms with Gasteiger partial charge in [-0.25, -0.2) is 4.39 Å². The van der Waals surface area contributed by atoms with Crippen LogP contribution in [0.4, 0.5) is 4.39 Å². The molecule has 1 heterocycles. The fourth-order valence-corrected chi connectivity index (χ4v) is 3.36.